The van der Waals surface area contributed by atoms with Gasteiger partial charge in [-0.3, -0.25) is 4.79 Å². The van der Waals surface area contributed by atoms with Crippen LogP contribution in [0.1, 0.15) is 23.5 Å². The maximum atomic E-state index is 11.8. The van der Waals surface area contributed by atoms with Crippen molar-refractivity contribution in [2.75, 3.05) is 0 Å². The van der Waals surface area contributed by atoms with E-state index in [1.807, 2.05) is 18.2 Å². The van der Waals surface area contributed by atoms with E-state index < -0.39 is 12.0 Å². The summed E-state index contributed by atoms with van der Waals surface area (Å²) in [4.78, 5) is 12.8. The largest absolute Gasteiger partial charge is 0.378 e. The Kier molecular flexibility index (Phi) is 5.05. The summed E-state index contributed by atoms with van der Waals surface area (Å²) in [5, 5.41) is 13.9. The van der Waals surface area contributed by atoms with Crippen molar-refractivity contribution in [3.8, 4) is 0 Å². The molecule has 0 bridgehead atoms. The van der Waals surface area contributed by atoms with Gasteiger partial charge in [-0.1, -0.05) is 30.3 Å². The van der Waals surface area contributed by atoms with Gasteiger partial charge < -0.3 is 5.11 Å². The standard InChI is InChI=1S/C14H13BrN2O2S/c1-9(11-7-8-12(15)20-11)16-17-14(19)13(18)10-5-3-2-4-6-10/h2-8,13,18H,1H3,(H,17,19)/t13-/m0/s1. The predicted molar refractivity (Wildman–Crippen MR) is 83.8 cm³/mol. The van der Waals surface area contributed by atoms with Gasteiger partial charge >= 0.3 is 0 Å². The Hall–Kier alpha value is -1.50. The van der Waals surface area contributed by atoms with Gasteiger partial charge in [0.05, 0.1) is 14.4 Å². The van der Waals surface area contributed by atoms with E-state index in [1.165, 1.54) is 11.3 Å². The summed E-state index contributed by atoms with van der Waals surface area (Å²) in [7, 11) is 0. The second kappa shape index (κ2) is 6.78. The van der Waals surface area contributed by atoms with Crippen molar-refractivity contribution in [1.82, 2.24) is 5.43 Å². The lowest BCUT2D eigenvalue weighted by Crippen LogP contribution is -2.26. The third-order valence-electron chi connectivity index (χ3n) is 2.63. The summed E-state index contributed by atoms with van der Waals surface area (Å²) in [5.41, 5.74) is 3.61. The number of rotatable bonds is 4. The van der Waals surface area contributed by atoms with Crippen molar-refractivity contribution < 1.29 is 9.90 Å². The quantitative estimate of drug-likeness (QED) is 0.656. The molecule has 0 aliphatic heterocycles. The number of halogens is 1. The SMILES string of the molecule is CC(=NNC(=O)[C@@H](O)c1ccccc1)c1ccc(Br)s1. The highest BCUT2D eigenvalue weighted by Gasteiger charge is 2.16. The summed E-state index contributed by atoms with van der Waals surface area (Å²) in [6, 6.07) is 12.6. The number of carbonyl (C=O) groups excluding carboxylic acids is 1. The molecule has 0 spiro atoms. The minimum Gasteiger partial charge on any atom is -0.378 e. The van der Waals surface area contributed by atoms with E-state index in [0.717, 1.165) is 8.66 Å². The average Bonchev–Trinajstić information content (AvgIpc) is 2.91. The lowest BCUT2D eigenvalue weighted by Gasteiger charge is -2.09. The van der Waals surface area contributed by atoms with Crippen molar-refractivity contribution in [3.05, 3.63) is 56.7 Å². The van der Waals surface area contributed by atoms with Crippen LogP contribution < -0.4 is 5.43 Å². The van der Waals surface area contributed by atoms with Crippen LogP contribution in [-0.4, -0.2) is 16.7 Å². The zero-order chi connectivity index (χ0) is 14.5. The number of benzene rings is 1. The zero-order valence-electron chi connectivity index (χ0n) is 10.7. The molecule has 2 aromatic rings. The Morgan fingerprint density at radius 3 is 2.60 bits per heavy atom. The maximum Gasteiger partial charge on any atom is 0.273 e. The van der Waals surface area contributed by atoms with Crippen LogP contribution >= 0.6 is 27.3 Å². The van der Waals surface area contributed by atoms with Gasteiger partial charge in [0.2, 0.25) is 0 Å². The molecule has 0 saturated heterocycles. The molecule has 0 saturated carbocycles. The summed E-state index contributed by atoms with van der Waals surface area (Å²) >= 11 is 4.89. The van der Waals surface area contributed by atoms with Crippen LogP contribution in [0.2, 0.25) is 0 Å². The molecule has 0 fully saturated rings. The van der Waals surface area contributed by atoms with Crippen LogP contribution in [0.5, 0.6) is 0 Å². The summed E-state index contributed by atoms with van der Waals surface area (Å²) in [6.45, 7) is 1.80. The molecule has 0 aliphatic carbocycles. The van der Waals surface area contributed by atoms with Crippen molar-refractivity contribution >= 4 is 38.9 Å². The first-order valence-electron chi connectivity index (χ1n) is 5.91. The molecule has 20 heavy (non-hydrogen) atoms. The van der Waals surface area contributed by atoms with Gasteiger partial charge in [-0.2, -0.15) is 5.10 Å². The highest BCUT2D eigenvalue weighted by Crippen LogP contribution is 2.22. The van der Waals surface area contributed by atoms with Gasteiger partial charge in [0.25, 0.3) is 5.91 Å². The minimum atomic E-state index is -1.22. The molecule has 0 aliphatic rings. The minimum absolute atomic E-state index is 0.539. The number of nitrogens with zero attached hydrogens (tertiary/aromatic N) is 1. The number of thiophene rings is 1. The van der Waals surface area contributed by atoms with Crippen LogP contribution in [-0.2, 0) is 4.79 Å². The van der Waals surface area contributed by atoms with E-state index >= 15 is 0 Å². The van der Waals surface area contributed by atoms with Crippen LogP contribution in [0, 0.1) is 0 Å². The Balaban J connectivity index is 2.01. The van der Waals surface area contributed by atoms with Crippen molar-refractivity contribution in [1.29, 1.82) is 0 Å². The van der Waals surface area contributed by atoms with Gasteiger partial charge in [0.15, 0.2) is 6.10 Å². The first-order chi connectivity index (χ1) is 9.58. The van der Waals surface area contributed by atoms with Gasteiger partial charge in [0.1, 0.15) is 0 Å². The number of amides is 1. The fourth-order valence-electron chi connectivity index (χ4n) is 1.55. The summed E-state index contributed by atoms with van der Waals surface area (Å²) in [6.07, 6.45) is -1.22. The van der Waals surface area contributed by atoms with Gasteiger partial charge in [-0.15, -0.1) is 11.3 Å². The molecular weight excluding hydrogens is 340 g/mol. The zero-order valence-corrected chi connectivity index (χ0v) is 13.1. The molecule has 4 nitrogen and oxygen atoms in total. The number of carbonyl (C=O) groups is 1. The van der Waals surface area contributed by atoms with E-state index in [9.17, 15) is 9.90 Å². The number of hydrazone groups is 1. The normalized spacial score (nSPS) is 13.1. The molecule has 2 rings (SSSR count). The van der Waals surface area contributed by atoms with Crippen LogP contribution in [0.4, 0.5) is 0 Å². The summed E-state index contributed by atoms with van der Waals surface area (Å²) < 4.78 is 0.998. The number of hydrogen-bond donors (Lipinski definition) is 2. The monoisotopic (exact) mass is 352 g/mol. The third kappa shape index (κ3) is 3.75. The molecule has 0 radical (unpaired) electrons. The van der Waals surface area contributed by atoms with E-state index in [2.05, 4.69) is 26.5 Å². The Labute approximate surface area is 129 Å². The van der Waals surface area contributed by atoms with E-state index in [4.69, 9.17) is 0 Å². The number of aliphatic hydroxyl groups excluding tert-OH is 1. The van der Waals surface area contributed by atoms with E-state index in [1.54, 1.807) is 31.2 Å². The average molecular weight is 353 g/mol. The Bertz CT molecular complexity index is 625. The Morgan fingerprint density at radius 2 is 2.00 bits per heavy atom. The van der Waals surface area contributed by atoms with E-state index in [0.29, 0.717) is 11.3 Å². The first kappa shape index (κ1) is 14.9. The second-order valence-corrected chi connectivity index (χ2v) is 6.55. The predicted octanol–water partition coefficient (Wildman–Crippen LogP) is 3.08. The van der Waals surface area contributed by atoms with Crippen LogP contribution in [0.15, 0.2) is 51.4 Å². The molecule has 1 amide bonds. The molecule has 1 aromatic carbocycles. The molecular formula is C14H13BrN2O2S. The van der Waals surface area contributed by atoms with Crippen molar-refractivity contribution in [2.45, 2.75) is 13.0 Å². The van der Waals surface area contributed by atoms with Gasteiger partial charge in [-0.25, -0.2) is 5.43 Å². The molecule has 104 valence electrons. The van der Waals surface area contributed by atoms with Crippen molar-refractivity contribution in [3.63, 3.8) is 0 Å². The second-order valence-electron chi connectivity index (χ2n) is 4.09. The fourth-order valence-corrected chi connectivity index (χ4v) is 2.88. The summed E-state index contributed by atoms with van der Waals surface area (Å²) in [5.74, 6) is -0.550. The van der Waals surface area contributed by atoms with Crippen LogP contribution in [0.25, 0.3) is 0 Å². The third-order valence-corrected chi connectivity index (χ3v) is 4.36. The molecule has 1 heterocycles. The lowest BCUT2D eigenvalue weighted by atomic mass is 10.1. The molecule has 0 unspecified atom stereocenters. The lowest BCUT2D eigenvalue weighted by molar-refractivity contribution is -0.129. The van der Waals surface area contributed by atoms with Crippen molar-refractivity contribution in [2.24, 2.45) is 5.10 Å². The maximum absolute atomic E-state index is 11.8. The first-order valence-corrected chi connectivity index (χ1v) is 7.51. The molecule has 2 N–H and O–H groups in total. The topological polar surface area (TPSA) is 61.7 Å². The molecule has 6 heteroatoms. The molecule has 1 aromatic heterocycles. The van der Waals surface area contributed by atoms with E-state index in [-0.39, 0.29) is 0 Å². The highest BCUT2D eigenvalue weighted by molar-refractivity contribution is 9.11. The molecule has 1 atom stereocenters. The smallest absolute Gasteiger partial charge is 0.273 e. The van der Waals surface area contributed by atoms with Gasteiger partial charge in [-0.05, 0) is 40.5 Å². The van der Waals surface area contributed by atoms with Crippen LogP contribution in [0.3, 0.4) is 0 Å². The van der Waals surface area contributed by atoms with Gasteiger partial charge in [0, 0.05) is 0 Å². The number of nitrogens with one attached hydrogen (secondary N) is 1. The Morgan fingerprint density at radius 1 is 1.30 bits per heavy atom. The number of hydrogen-bond acceptors (Lipinski definition) is 4. The highest BCUT2D eigenvalue weighted by atomic mass is 79.9. The fraction of sp³-hybridized carbons (Fsp3) is 0.143. The number of aliphatic hydroxyl groups is 1.